The van der Waals surface area contributed by atoms with E-state index in [9.17, 15) is 14.4 Å². The van der Waals surface area contributed by atoms with Crippen LogP contribution in [-0.4, -0.2) is 26.5 Å². The molecule has 116 valence electrons. The van der Waals surface area contributed by atoms with Crippen LogP contribution in [0.3, 0.4) is 0 Å². The van der Waals surface area contributed by atoms with Gasteiger partial charge in [-0.05, 0) is 12.5 Å². The number of hydrogen-bond donors (Lipinski definition) is 1. The molecule has 2 aromatic rings. The van der Waals surface area contributed by atoms with Gasteiger partial charge in [-0.2, -0.15) is 5.10 Å². The first-order valence-electron chi connectivity index (χ1n) is 6.87. The fraction of sp³-hybridized carbons (Fsp3) is 0.357. The predicted octanol–water partition coefficient (Wildman–Crippen LogP) is 1.95. The molecule has 0 saturated heterocycles. The Morgan fingerprint density at radius 3 is 2.73 bits per heavy atom. The van der Waals surface area contributed by atoms with Crippen molar-refractivity contribution >= 4 is 28.2 Å². The van der Waals surface area contributed by atoms with Gasteiger partial charge in [-0.3, -0.25) is 19.7 Å². The molecular weight excluding hydrogens is 304 g/mol. The topological polar surface area (TPSA) is 93.9 Å². The normalized spacial score (nSPS) is 10.5. The molecule has 2 heterocycles. The number of carbonyl (C=O) groups excluding carboxylic acids is 2. The number of anilines is 1. The number of aryl methyl sites for hydroxylation is 1. The molecule has 2 rings (SSSR count). The van der Waals surface area contributed by atoms with Gasteiger partial charge in [0.2, 0.25) is 0 Å². The van der Waals surface area contributed by atoms with Crippen molar-refractivity contribution in [3.8, 4) is 0 Å². The number of hydrogen-bond acceptors (Lipinski definition) is 6. The van der Waals surface area contributed by atoms with Gasteiger partial charge in [-0.15, -0.1) is 11.3 Å². The third kappa shape index (κ3) is 3.85. The van der Waals surface area contributed by atoms with Crippen LogP contribution >= 0.6 is 11.3 Å². The van der Waals surface area contributed by atoms with E-state index in [0.717, 1.165) is 24.2 Å². The number of Topliss-reactive ketones (excluding diaryl/α,β-unsaturated/α-hetero) is 1. The lowest BCUT2D eigenvalue weighted by atomic mass is 10.3. The summed E-state index contributed by atoms with van der Waals surface area (Å²) >= 11 is 1.16. The number of carbonyl (C=O) groups is 2. The summed E-state index contributed by atoms with van der Waals surface area (Å²) in [7, 11) is 0. The molecule has 2 aromatic heterocycles. The molecule has 0 radical (unpaired) electrons. The minimum Gasteiger partial charge on any atom is -0.296 e. The summed E-state index contributed by atoms with van der Waals surface area (Å²) in [6.07, 6.45) is 1.74. The Morgan fingerprint density at radius 1 is 1.32 bits per heavy atom. The number of rotatable bonds is 6. The first-order valence-corrected chi connectivity index (χ1v) is 7.75. The number of nitrogens with zero attached hydrogens (tertiary/aromatic N) is 3. The highest BCUT2D eigenvalue weighted by Gasteiger charge is 2.13. The largest absolute Gasteiger partial charge is 0.296 e. The summed E-state index contributed by atoms with van der Waals surface area (Å²) in [5.41, 5.74) is 0.203. The molecular formula is C14H16N4O3S. The quantitative estimate of drug-likeness (QED) is 0.821. The van der Waals surface area contributed by atoms with E-state index in [2.05, 4.69) is 15.4 Å². The molecule has 0 bridgehead atoms. The van der Waals surface area contributed by atoms with Crippen molar-refractivity contribution < 1.29 is 9.59 Å². The molecule has 0 unspecified atom stereocenters. The lowest BCUT2D eigenvalue weighted by molar-refractivity contribution is 0.100. The molecule has 0 aromatic carbocycles. The standard InChI is InChI=1S/C14H16N4O3S/c1-3-4-7-18-12(20)6-5-10(17-18)13(21)16-14-15-11(8-22-14)9(2)19/h5-6,8H,3-4,7H2,1-2H3,(H,15,16,21). The molecule has 0 atom stereocenters. The number of ketones is 1. The molecule has 8 heteroatoms. The number of thiazole rings is 1. The zero-order valence-electron chi connectivity index (χ0n) is 12.3. The summed E-state index contributed by atoms with van der Waals surface area (Å²) in [6.45, 7) is 3.89. The summed E-state index contributed by atoms with van der Waals surface area (Å²) in [6, 6.07) is 2.69. The Labute approximate surface area is 131 Å². The van der Waals surface area contributed by atoms with E-state index in [1.54, 1.807) is 5.38 Å². The van der Waals surface area contributed by atoms with Gasteiger partial charge in [0, 0.05) is 24.9 Å². The third-order valence-electron chi connectivity index (χ3n) is 2.91. The van der Waals surface area contributed by atoms with Crippen LogP contribution in [0.1, 0.15) is 47.7 Å². The van der Waals surface area contributed by atoms with Crippen LogP contribution in [0.5, 0.6) is 0 Å². The van der Waals surface area contributed by atoms with Crippen molar-refractivity contribution in [3.05, 3.63) is 39.3 Å². The second-order valence-electron chi connectivity index (χ2n) is 4.68. The van der Waals surface area contributed by atoms with Crippen molar-refractivity contribution in [2.24, 2.45) is 0 Å². The maximum atomic E-state index is 12.1. The van der Waals surface area contributed by atoms with Crippen LogP contribution in [-0.2, 0) is 6.54 Å². The lowest BCUT2D eigenvalue weighted by Gasteiger charge is -2.05. The first-order chi connectivity index (χ1) is 10.5. The molecule has 0 aliphatic heterocycles. The molecule has 0 saturated carbocycles. The number of amides is 1. The zero-order valence-corrected chi connectivity index (χ0v) is 13.1. The van der Waals surface area contributed by atoms with E-state index in [-0.39, 0.29) is 17.0 Å². The Balaban J connectivity index is 2.14. The second-order valence-corrected chi connectivity index (χ2v) is 5.54. The minimum absolute atomic E-state index is 0.135. The van der Waals surface area contributed by atoms with E-state index in [0.29, 0.717) is 17.4 Å². The van der Waals surface area contributed by atoms with Crippen LogP contribution in [0.25, 0.3) is 0 Å². The van der Waals surface area contributed by atoms with Crippen LogP contribution in [0.2, 0.25) is 0 Å². The van der Waals surface area contributed by atoms with Crippen molar-refractivity contribution in [1.82, 2.24) is 14.8 Å². The molecule has 22 heavy (non-hydrogen) atoms. The summed E-state index contributed by atoms with van der Waals surface area (Å²) < 4.78 is 1.28. The molecule has 0 fully saturated rings. The van der Waals surface area contributed by atoms with Crippen LogP contribution in [0.4, 0.5) is 5.13 Å². The van der Waals surface area contributed by atoms with Gasteiger partial charge < -0.3 is 0 Å². The SMILES string of the molecule is CCCCn1nc(C(=O)Nc2nc(C(C)=O)cs2)ccc1=O. The second kappa shape index (κ2) is 7.08. The molecule has 1 N–H and O–H groups in total. The number of aromatic nitrogens is 3. The first kappa shape index (κ1) is 16.0. The number of unbranched alkanes of at least 4 members (excludes halogenated alkanes) is 1. The highest BCUT2D eigenvalue weighted by molar-refractivity contribution is 7.14. The Bertz CT molecular complexity index is 751. The minimum atomic E-state index is -0.463. The van der Waals surface area contributed by atoms with E-state index in [1.165, 1.54) is 23.7 Å². The highest BCUT2D eigenvalue weighted by Crippen LogP contribution is 2.16. The van der Waals surface area contributed by atoms with E-state index >= 15 is 0 Å². The van der Waals surface area contributed by atoms with Gasteiger partial charge in [-0.25, -0.2) is 9.67 Å². The Kier molecular flexibility index (Phi) is 5.16. The molecule has 1 amide bonds. The van der Waals surface area contributed by atoms with Crippen molar-refractivity contribution in [2.45, 2.75) is 33.2 Å². The lowest BCUT2D eigenvalue weighted by Crippen LogP contribution is -2.26. The highest BCUT2D eigenvalue weighted by atomic mass is 32.1. The van der Waals surface area contributed by atoms with Crippen LogP contribution in [0, 0.1) is 0 Å². The smallest absolute Gasteiger partial charge is 0.277 e. The summed E-state index contributed by atoms with van der Waals surface area (Å²) in [5, 5.41) is 8.52. The fourth-order valence-corrected chi connectivity index (χ4v) is 2.44. The van der Waals surface area contributed by atoms with Gasteiger partial charge >= 0.3 is 0 Å². The average molecular weight is 320 g/mol. The molecule has 0 aliphatic carbocycles. The Hall–Kier alpha value is -2.35. The van der Waals surface area contributed by atoms with Crippen molar-refractivity contribution in [3.63, 3.8) is 0 Å². The van der Waals surface area contributed by atoms with Crippen molar-refractivity contribution in [2.75, 3.05) is 5.32 Å². The van der Waals surface area contributed by atoms with Gasteiger partial charge in [0.1, 0.15) is 11.4 Å². The molecule has 0 aliphatic rings. The van der Waals surface area contributed by atoms with Crippen LogP contribution in [0.15, 0.2) is 22.3 Å². The Morgan fingerprint density at radius 2 is 2.09 bits per heavy atom. The van der Waals surface area contributed by atoms with E-state index in [4.69, 9.17) is 0 Å². The number of nitrogens with one attached hydrogen (secondary N) is 1. The van der Waals surface area contributed by atoms with E-state index < -0.39 is 5.91 Å². The van der Waals surface area contributed by atoms with Gasteiger partial charge in [0.05, 0.1) is 0 Å². The predicted molar refractivity (Wildman–Crippen MR) is 83.5 cm³/mol. The van der Waals surface area contributed by atoms with Gasteiger partial charge in [0.15, 0.2) is 10.9 Å². The third-order valence-corrected chi connectivity index (χ3v) is 3.67. The van der Waals surface area contributed by atoms with E-state index in [1.807, 2.05) is 6.92 Å². The van der Waals surface area contributed by atoms with Gasteiger partial charge in [0.25, 0.3) is 11.5 Å². The molecule has 7 nitrogen and oxygen atoms in total. The summed E-state index contributed by atoms with van der Waals surface area (Å²) in [4.78, 5) is 39.0. The zero-order chi connectivity index (χ0) is 16.1. The maximum absolute atomic E-state index is 12.1. The summed E-state index contributed by atoms with van der Waals surface area (Å²) in [5.74, 6) is -0.627. The van der Waals surface area contributed by atoms with Crippen LogP contribution < -0.4 is 10.9 Å². The fourth-order valence-electron chi connectivity index (χ4n) is 1.69. The monoisotopic (exact) mass is 320 g/mol. The maximum Gasteiger partial charge on any atom is 0.277 e. The average Bonchev–Trinajstić information content (AvgIpc) is 2.95. The van der Waals surface area contributed by atoms with Gasteiger partial charge in [-0.1, -0.05) is 13.3 Å². The van der Waals surface area contributed by atoms with Crippen molar-refractivity contribution in [1.29, 1.82) is 0 Å². The molecule has 0 spiro atoms.